The summed E-state index contributed by atoms with van der Waals surface area (Å²) >= 11 is 5.88. The number of hydrogen-bond acceptors (Lipinski definition) is 5. The largest absolute Gasteiger partial charge is 0.493 e. The van der Waals surface area contributed by atoms with Gasteiger partial charge in [-0.3, -0.25) is 4.79 Å². The summed E-state index contributed by atoms with van der Waals surface area (Å²) in [5.74, 6) is -0.301. The van der Waals surface area contributed by atoms with E-state index in [0.717, 1.165) is 44.2 Å². The molecule has 2 saturated heterocycles. The second-order valence-electron chi connectivity index (χ2n) is 10.5. The van der Waals surface area contributed by atoms with Gasteiger partial charge in [-0.2, -0.15) is 0 Å². The Morgan fingerprint density at radius 3 is 2.49 bits per heavy atom. The average molecular weight is 537 g/mol. The monoisotopic (exact) mass is 536 g/mol. The van der Waals surface area contributed by atoms with Crippen LogP contribution < -0.4 is 9.64 Å². The van der Waals surface area contributed by atoms with Crippen LogP contribution in [-0.2, 0) is 11.2 Å². The van der Waals surface area contributed by atoms with Gasteiger partial charge in [0, 0.05) is 45.1 Å². The quantitative estimate of drug-likeness (QED) is 0.453. The molecule has 2 aliphatic heterocycles. The van der Waals surface area contributed by atoms with Crippen LogP contribution in [-0.4, -0.2) is 59.5 Å². The van der Waals surface area contributed by atoms with E-state index >= 15 is 0 Å². The fourth-order valence-electron chi connectivity index (χ4n) is 5.62. The molecule has 0 N–H and O–H groups in total. The van der Waals surface area contributed by atoms with Gasteiger partial charge in [-0.05, 0) is 55.1 Å². The number of aromatic nitrogens is 2. The van der Waals surface area contributed by atoms with E-state index in [1.165, 1.54) is 17.4 Å². The molecule has 37 heavy (non-hydrogen) atoms. The van der Waals surface area contributed by atoms with Crippen molar-refractivity contribution in [1.29, 1.82) is 0 Å². The molecular formula is C27H32ClF3N4O2. The van der Waals surface area contributed by atoms with Crippen molar-refractivity contribution in [1.82, 2.24) is 14.9 Å². The van der Waals surface area contributed by atoms with Crippen molar-refractivity contribution in [2.45, 2.75) is 50.9 Å². The maximum Gasteiger partial charge on any atom is 0.251 e. The molecule has 0 bridgehead atoms. The smallest absolute Gasteiger partial charge is 0.251 e. The molecule has 1 saturated carbocycles. The van der Waals surface area contributed by atoms with E-state index < -0.39 is 11.7 Å². The first-order valence-electron chi connectivity index (χ1n) is 13.1. The van der Waals surface area contributed by atoms with Crippen molar-refractivity contribution >= 4 is 23.5 Å². The van der Waals surface area contributed by atoms with Crippen LogP contribution in [0.15, 0.2) is 30.6 Å². The van der Waals surface area contributed by atoms with E-state index in [2.05, 4.69) is 14.9 Å². The van der Waals surface area contributed by atoms with Gasteiger partial charge in [0.1, 0.15) is 11.6 Å². The number of benzene rings is 1. The van der Waals surface area contributed by atoms with E-state index in [-0.39, 0.29) is 43.8 Å². The molecule has 1 amide bonds. The van der Waals surface area contributed by atoms with Crippen LogP contribution in [0.5, 0.6) is 5.75 Å². The summed E-state index contributed by atoms with van der Waals surface area (Å²) in [4.78, 5) is 24.6. The number of ether oxygens (including phenoxy) is 1. The number of likely N-dealkylation sites (tertiary alicyclic amines) is 1. The Morgan fingerprint density at radius 1 is 1.11 bits per heavy atom. The molecule has 6 nitrogen and oxygen atoms in total. The molecule has 1 aromatic carbocycles. The molecule has 1 aromatic heterocycles. The van der Waals surface area contributed by atoms with Crippen LogP contribution in [0, 0.1) is 23.6 Å². The highest BCUT2D eigenvalue weighted by molar-refractivity contribution is 6.30. The van der Waals surface area contributed by atoms with Crippen molar-refractivity contribution in [3.05, 3.63) is 47.0 Å². The summed E-state index contributed by atoms with van der Waals surface area (Å²) in [5.41, 5.74) is 0.257. The number of nitrogens with zero attached hydrogens (tertiary/aromatic N) is 4. The minimum absolute atomic E-state index is 0.00663. The van der Waals surface area contributed by atoms with Gasteiger partial charge in [0.05, 0.1) is 30.4 Å². The maximum atomic E-state index is 14.6. The number of piperidine rings is 2. The highest BCUT2D eigenvalue weighted by Crippen LogP contribution is 2.49. The van der Waals surface area contributed by atoms with E-state index in [9.17, 15) is 18.0 Å². The van der Waals surface area contributed by atoms with Crippen molar-refractivity contribution in [3.8, 4) is 5.75 Å². The molecule has 2 aromatic rings. The third-order valence-electron chi connectivity index (χ3n) is 7.98. The maximum absolute atomic E-state index is 14.6. The number of halogens is 4. The molecule has 1 aliphatic carbocycles. The third kappa shape index (κ3) is 6.67. The molecule has 3 aliphatic rings. The van der Waals surface area contributed by atoms with Crippen LogP contribution >= 0.6 is 11.6 Å². The summed E-state index contributed by atoms with van der Waals surface area (Å²) in [7, 11) is 0. The van der Waals surface area contributed by atoms with Crippen molar-refractivity contribution in [2.24, 2.45) is 17.8 Å². The minimum atomic E-state index is -2.72. The summed E-state index contributed by atoms with van der Waals surface area (Å²) in [6, 6.07) is 4.54. The molecular weight excluding hydrogens is 505 g/mol. The van der Waals surface area contributed by atoms with Crippen LogP contribution in [0.4, 0.5) is 19.1 Å². The Bertz CT molecular complexity index is 1090. The lowest BCUT2D eigenvalue weighted by molar-refractivity contribution is -0.136. The molecule has 0 radical (unpaired) electrons. The molecule has 0 spiro atoms. The molecule has 3 fully saturated rings. The Labute approximate surface area is 220 Å². The number of anilines is 1. The van der Waals surface area contributed by atoms with E-state index in [4.69, 9.17) is 16.3 Å². The fourth-order valence-corrected chi connectivity index (χ4v) is 5.72. The van der Waals surface area contributed by atoms with Gasteiger partial charge >= 0.3 is 0 Å². The van der Waals surface area contributed by atoms with E-state index in [1.54, 1.807) is 24.5 Å². The second-order valence-corrected chi connectivity index (χ2v) is 10.9. The Balaban J connectivity index is 1.02. The van der Waals surface area contributed by atoms with E-state index in [0.29, 0.717) is 29.2 Å². The lowest BCUT2D eigenvalue weighted by Gasteiger charge is -2.32. The topological polar surface area (TPSA) is 58.6 Å². The molecule has 10 heteroatoms. The predicted molar refractivity (Wildman–Crippen MR) is 135 cm³/mol. The van der Waals surface area contributed by atoms with Gasteiger partial charge in [-0.15, -0.1) is 0 Å². The Hall–Kier alpha value is -2.55. The SMILES string of the molecule is O=C(Cc1ccc(OCCC2CC2C2CCN(c3ncc(Cl)cn3)CC2)cc1F)N1CCC(F)(F)CC1. The summed E-state index contributed by atoms with van der Waals surface area (Å²) in [6.45, 7) is 2.44. The number of amides is 1. The molecule has 200 valence electrons. The van der Waals surface area contributed by atoms with Crippen LogP contribution in [0.1, 0.15) is 44.1 Å². The summed E-state index contributed by atoms with van der Waals surface area (Å²) in [5, 5.41) is 0.542. The normalized spacial score (nSPS) is 23.7. The van der Waals surface area contributed by atoms with Gasteiger partial charge in [-0.25, -0.2) is 23.1 Å². The third-order valence-corrected chi connectivity index (χ3v) is 8.18. The standard InChI is InChI=1S/C27H32ClF3N4O2/c28-21-16-32-26(33-17-21)35-8-3-18(4-9-35)23-13-19(23)5-12-37-22-2-1-20(24(29)15-22)14-25(36)34-10-6-27(30,31)7-11-34/h1-2,15-19,23H,3-14H2. The lowest BCUT2D eigenvalue weighted by Crippen LogP contribution is -2.43. The van der Waals surface area contributed by atoms with Gasteiger partial charge in [0.25, 0.3) is 5.92 Å². The lowest BCUT2D eigenvalue weighted by atomic mass is 9.90. The van der Waals surface area contributed by atoms with Crippen molar-refractivity contribution in [3.63, 3.8) is 0 Å². The van der Waals surface area contributed by atoms with Gasteiger partial charge in [0.15, 0.2) is 0 Å². The fraction of sp³-hybridized carbons (Fsp3) is 0.593. The molecule has 2 atom stereocenters. The average Bonchev–Trinajstić information content (AvgIpc) is 3.66. The van der Waals surface area contributed by atoms with Crippen molar-refractivity contribution in [2.75, 3.05) is 37.7 Å². The minimum Gasteiger partial charge on any atom is -0.493 e. The first-order valence-corrected chi connectivity index (χ1v) is 13.4. The second kappa shape index (κ2) is 11.1. The number of carbonyl (C=O) groups is 1. The summed E-state index contributed by atoms with van der Waals surface area (Å²) in [6.07, 6.45) is 6.85. The predicted octanol–water partition coefficient (Wildman–Crippen LogP) is 5.39. The van der Waals surface area contributed by atoms with Gasteiger partial charge in [0.2, 0.25) is 11.9 Å². The van der Waals surface area contributed by atoms with Crippen LogP contribution in [0.25, 0.3) is 0 Å². The zero-order valence-corrected chi connectivity index (χ0v) is 21.5. The highest BCUT2D eigenvalue weighted by atomic mass is 35.5. The zero-order chi connectivity index (χ0) is 26.0. The first kappa shape index (κ1) is 26.1. The van der Waals surface area contributed by atoms with Gasteiger partial charge < -0.3 is 14.5 Å². The van der Waals surface area contributed by atoms with Gasteiger partial charge in [-0.1, -0.05) is 17.7 Å². The zero-order valence-electron chi connectivity index (χ0n) is 20.7. The Morgan fingerprint density at radius 2 is 1.81 bits per heavy atom. The number of hydrogen-bond donors (Lipinski definition) is 0. The molecule has 5 rings (SSSR count). The van der Waals surface area contributed by atoms with Crippen molar-refractivity contribution < 1.29 is 22.7 Å². The molecule has 3 heterocycles. The summed E-state index contributed by atoms with van der Waals surface area (Å²) < 4.78 is 47.0. The highest BCUT2D eigenvalue weighted by Gasteiger charge is 2.43. The number of alkyl halides is 2. The van der Waals surface area contributed by atoms with Crippen LogP contribution in [0.2, 0.25) is 5.02 Å². The van der Waals surface area contributed by atoms with Crippen LogP contribution in [0.3, 0.4) is 0 Å². The Kier molecular flexibility index (Phi) is 7.79. The number of rotatable bonds is 8. The number of carbonyl (C=O) groups excluding carboxylic acids is 1. The first-order chi connectivity index (χ1) is 17.8. The molecule has 2 unspecified atom stereocenters. The van der Waals surface area contributed by atoms with E-state index in [1.807, 2.05) is 0 Å².